The van der Waals surface area contributed by atoms with Gasteiger partial charge in [0.2, 0.25) is 0 Å². The molecule has 1 amide bonds. The van der Waals surface area contributed by atoms with Crippen molar-refractivity contribution in [3.05, 3.63) is 16.0 Å². The van der Waals surface area contributed by atoms with Crippen LogP contribution in [-0.2, 0) is 14.3 Å². The summed E-state index contributed by atoms with van der Waals surface area (Å²) in [5.41, 5.74) is -0.383. The minimum Gasteiger partial charge on any atom is -0.462 e. The summed E-state index contributed by atoms with van der Waals surface area (Å²) in [7, 11) is 0. The van der Waals surface area contributed by atoms with Crippen LogP contribution < -0.4 is 5.32 Å². The first-order chi connectivity index (χ1) is 11.3. The molecule has 1 aromatic rings. The van der Waals surface area contributed by atoms with Crippen LogP contribution in [0, 0.1) is 6.92 Å². The molecule has 1 rings (SSSR count). The van der Waals surface area contributed by atoms with Gasteiger partial charge in [0.05, 0.1) is 12.2 Å². The average Bonchev–Trinajstić information content (AvgIpc) is 2.73. The molecule has 0 saturated heterocycles. The minimum absolute atomic E-state index is 0.0234. The standard InChI is InChI=1S/C15H18Cl3NO5S/c1-6-23-11(20)8-7(2)9(12(21)24-14(3,4)5)25-10(8)19-13(22)15(16,17)18/h6H2,1-5H3,(H,19,22). The molecule has 1 N–H and O–H groups in total. The van der Waals surface area contributed by atoms with Crippen molar-refractivity contribution in [1.29, 1.82) is 0 Å². The Morgan fingerprint density at radius 3 is 2.12 bits per heavy atom. The van der Waals surface area contributed by atoms with Crippen molar-refractivity contribution in [2.24, 2.45) is 0 Å². The lowest BCUT2D eigenvalue weighted by molar-refractivity contribution is -0.115. The molecule has 0 aliphatic carbocycles. The Kier molecular flexibility index (Phi) is 7.15. The maximum Gasteiger partial charge on any atom is 0.349 e. The molecule has 0 radical (unpaired) electrons. The lowest BCUT2D eigenvalue weighted by atomic mass is 10.1. The summed E-state index contributed by atoms with van der Waals surface area (Å²) in [4.78, 5) is 36.6. The van der Waals surface area contributed by atoms with E-state index in [1.165, 1.54) is 0 Å². The molecule has 0 spiro atoms. The summed E-state index contributed by atoms with van der Waals surface area (Å²) in [6, 6.07) is 0. The van der Waals surface area contributed by atoms with Crippen LogP contribution in [0.5, 0.6) is 0 Å². The van der Waals surface area contributed by atoms with Gasteiger partial charge in [-0.3, -0.25) is 4.79 Å². The fraction of sp³-hybridized carbons (Fsp3) is 0.533. The van der Waals surface area contributed by atoms with Gasteiger partial charge in [0.25, 0.3) is 9.70 Å². The average molecular weight is 431 g/mol. The van der Waals surface area contributed by atoms with Crippen molar-refractivity contribution in [2.75, 3.05) is 11.9 Å². The van der Waals surface area contributed by atoms with E-state index < -0.39 is 27.2 Å². The van der Waals surface area contributed by atoms with E-state index in [1.54, 1.807) is 34.6 Å². The van der Waals surface area contributed by atoms with Crippen molar-refractivity contribution < 1.29 is 23.9 Å². The monoisotopic (exact) mass is 429 g/mol. The fourth-order valence-electron chi connectivity index (χ4n) is 1.74. The number of hydrogen-bond donors (Lipinski definition) is 1. The summed E-state index contributed by atoms with van der Waals surface area (Å²) in [5, 5.41) is 2.39. The Labute approximate surface area is 164 Å². The van der Waals surface area contributed by atoms with Gasteiger partial charge in [-0.2, -0.15) is 0 Å². The van der Waals surface area contributed by atoms with Gasteiger partial charge in [0, 0.05) is 0 Å². The number of rotatable bonds is 4. The van der Waals surface area contributed by atoms with Crippen molar-refractivity contribution >= 4 is 69.0 Å². The van der Waals surface area contributed by atoms with E-state index >= 15 is 0 Å². The highest BCUT2D eigenvalue weighted by molar-refractivity contribution is 7.18. The van der Waals surface area contributed by atoms with E-state index in [2.05, 4.69) is 5.32 Å². The molecule has 0 unspecified atom stereocenters. The van der Waals surface area contributed by atoms with Crippen LogP contribution in [0.2, 0.25) is 0 Å². The van der Waals surface area contributed by atoms with E-state index in [-0.39, 0.29) is 22.0 Å². The Bertz CT molecular complexity index is 689. The highest BCUT2D eigenvalue weighted by Crippen LogP contribution is 2.37. The number of ether oxygens (including phenoxy) is 2. The molecule has 0 saturated carbocycles. The highest BCUT2D eigenvalue weighted by atomic mass is 35.6. The van der Waals surface area contributed by atoms with Gasteiger partial charge in [0.1, 0.15) is 15.5 Å². The van der Waals surface area contributed by atoms with Crippen LogP contribution >= 0.6 is 46.1 Å². The third-order valence-electron chi connectivity index (χ3n) is 2.70. The van der Waals surface area contributed by atoms with Gasteiger partial charge in [-0.05, 0) is 40.2 Å². The Morgan fingerprint density at radius 1 is 1.12 bits per heavy atom. The molecule has 0 bridgehead atoms. The number of nitrogens with one attached hydrogen (secondary N) is 1. The molecular formula is C15H18Cl3NO5S. The molecule has 140 valence electrons. The lowest BCUT2D eigenvalue weighted by Gasteiger charge is -2.19. The summed E-state index contributed by atoms with van der Waals surface area (Å²) in [6.45, 7) is 8.44. The van der Waals surface area contributed by atoms with Crippen molar-refractivity contribution in [3.8, 4) is 0 Å². The Morgan fingerprint density at radius 2 is 1.68 bits per heavy atom. The zero-order valence-corrected chi connectivity index (χ0v) is 17.4. The van der Waals surface area contributed by atoms with Crippen LogP contribution in [0.25, 0.3) is 0 Å². The number of amides is 1. The smallest absolute Gasteiger partial charge is 0.349 e. The molecule has 1 heterocycles. The lowest BCUT2D eigenvalue weighted by Crippen LogP contribution is -2.27. The van der Waals surface area contributed by atoms with E-state index in [4.69, 9.17) is 44.3 Å². The first kappa shape index (κ1) is 22.0. The predicted molar refractivity (Wildman–Crippen MR) is 99.1 cm³/mol. The second-order valence-corrected chi connectivity index (χ2v) is 9.24. The molecule has 0 atom stereocenters. The summed E-state index contributed by atoms with van der Waals surface area (Å²) in [5.74, 6) is -2.29. The van der Waals surface area contributed by atoms with E-state index in [0.717, 1.165) is 11.3 Å². The molecule has 6 nitrogen and oxygen atoms in total. The summed E-state index contributed by atoms with van der Waals surface area (Å²) in [6.07, 6.45) is 0. The second-order valence-electron chi connectivity index (χ2n) is 5.93. The maximum absolute atomic E-state index is 12.4. The van der Waals surface area contributed by atoms with Crippen LogP contribution in [0.15, 0.2) is 0 Å². The largest absolute Gasteiger partial charge is 0.462 e. The van der Waals surface area contributed by atoms with Gasteiger partial charge >= 0.3 is 11.9 Å². The topological polar surface area (TPSA) is 81.7 Å². The third kappa shape index (κ3) is 6.02. The van der Waals surface area contributed by atoms with Crippen LogP contribution in [0.1, 0.15) is 53.3 Å². The first-order valence-corrected chi connectivity index (χ1v) is 9.15. The van der Waals surface area contributed by atoms with Crippen LogP contribution in [0.3, 0.4) is 0 Å². The number of thiophene rings is 1. The molecule has 0 aromatic carbocycles. The maximum atomic E-state index is 12.4. The molecule has 0 fully saturated rings. The number of alkyl halides is 3. The molecule has 0 aliphatic heterocycles. The van der Waals surface area contributed by atoms with Crippen LogP contribution in [-0.4, -0.2) is 33.8 Å². The molecule has 1 aromatic heterocycles. The first-order valence-electron chi connectivity index (χ1n) is 7.20. The number of halogens is 3. The zero-order chi connectivity index (χ0) is 19.6. The van der Waals surface area contributed by atoms with E-state index in [9.17, 15) is 14.4 Å². The number of esters is 2. The zero-order valence-electron chi connectivity index (χ0n) is 14.3. The number of carbonyl (C=O) groups excluding carboxylic acids is 3. The van der Waals surface area contributed by atoms with Gasteiger partial charge in [0.15, 0.2) is 0 Å². The van der Waals surface area contributed by atoms with Gasteiger partial charge in [-0.15, -0.1) is 11.3 Å². The Hall–Kier alpha value is -1.02. The van der Waals surface area contributed by atoms with Gasteiger partial charge < -0.3 is 14.8 Å². The quantitative estimate of drug-likeness (QED) is 0.562. The summed E-state index contributed by atoms with van der Waals surface area (Å²) >= 11 is 17.5. The molecule has 0 aliphatic rings. The normalized spacial score (nSPS) is 11.8. The van der Waals surface area contributed by atoms with Gasteiger partial charge in [-0.1, -0.05) is 34.8 Å². The highest BCUT2D eigenvalue weighted by Gasteiger charge is 2.34. The second kappa shape index (κ2) is 8.12. The SMILES string of the molecule is CCOC(=O)c1c(NC(=O)C(Cl)(Cl)Cl)sc(C(=O)OC(C)(C)C)c1C. The molecular weight excluding hydrogens is 413 g/mol. The van der Waals surface area contributed by atoms with Crippen LogP contribution in [0.4, 0.5) is 5.00 Å². The van der Waals surface area contributed by atoms with E-state index in [0.29, 0.717) is 5.56 Å². The van der Waals surface area contributed by atoms with Crippen molar-refractivity contribution in [1.82, 2.24) is 0 Å². The van der Waals surface area contributed by atoms with Gasteiger partial charge in [-0.25, -0.2) is 9.59 Å². The molecule has 25 heavy (non-hydrogen) atoms. The van der Waals surface area contributed by atoms with E-state index in [1.807, 2.05) is 0 Å². The number of hydrogen-bond acceptors (Lipinski definition) is 6. The Balaban J connectivity index is 3.34. The predicted octanol–water partition coefficient (Wildman–Crippen LogP) is 4.50. The summed E-state index contributed by atoms with van der Waals surface area (Å²) < 4.78 is 8.06. The number of anilines is 1. The third-order valence-corrected chi connectivity index (χ3v) is 4.40. The van der Waals surface area contributed by atoms with Crippen molar-refractivity contribution in [2.45, 2.75) is 44.0 Å². The fourth-order valence-corrected chi connectivity index (χ4v) is 2.95. The van der Waals surface area contributed by atoms with Crippen molar-refractivity contribution in [3.63, 3.8) is 0 Å². The number of carbonyl (C=O) groups is 3. The minimum atomic E-state index is -2.23. The molecule has 10 heteroatoms.